The van der Waals surface area contributed by atoms with E-state index in [9.17, 15) is 38.0 Å². The molecule has 0 radical (unpaired) electrons. The van der Waals surface area contributed by atoms with Crippen LogP contribution in [0.15, 0.2) is 152 Å². The monoisotopic (exact) mass is 1850 g/mol. The molecule has 7 rings (SSSR count). The molecule has 8 nitrogen and oxygen atoms in total. The molecule has 7 aromatic rings. The van der Waals surface area contributed by atoms with Gasteiger partial charge in [0.1, 0.15) is 34.7 Å². The first kappa shape index (κ1) is 122. The van der Waals surface area contributed by atoms with Crippen molar-refractivity contribution in [2.45, 2.75) is 452 Å². The molecule has 0 atom stereocenters. The topological polar surface area (TPSA) is 140 Å². The van der Waals surface area contributed by atoms with E-state index in [1.807, 2.05) is 30.3 Å². The van der Waals surface area contributed by atoms with Gasteiger partial charge in [-0.1, -0.05) is 388 Å². The zero-order valence-electron chi connectivity index (χ0n) is 88.6. The van der Waals surface area contributed by atoms with Gasteiger partial charge in [-0.25, -0.2) is 9.18 Å². The Morgan fingerprint density at radius 1 is 0.289 bits per heavy atom. The number of rotatable bonds is 62. The van der Waals surface area contributed by atoms with Crippen LogP contribution in [0.4, 0.5) is 4.39 Å². The summed E-state index contributed by atoms with van der Waals surface area (Å²) < 4.78 is 14.5. The third kappa shape index (κ3) is 57.0. The van der Waals surface area contributed by atoms with Crippen molar-refractivity contribution in [3.8, 4) is 0 Å². The number of carboxylic acid groups (broad SMARTS) is 1. The van der Waals surface area contributed by atoms with Gasteiger partial charge in [-0.05, 0) is 313 Å². The third-order valence-corrected chi connectivity index (χ3v) is 24.7. The maximum absolute atomic E-state index is 14.5. The number of Topliss-reactive ketones (excluding diaryl/α,β-unsaturated/α-hetero) is 6. The van der Waals surface area contributed by atoms with Gasteiger partial charge in [-0.3, -0.25) is 24.0 Å². The Kier molecular flexibility index (Phi) is 68.6. The van der Waals surface area contributed by atoms with Crippen molar-refractivity contribution in [2.75, 3.05) is 0 Å². The average Bonchev–Trinajstić information content (AvgIpc) is 0.813. The number of hydrogen-bond donors (Lipinski definition) is 1. The van der Waals surface area contributed by atoms with E-state index in [4.69, 9.17) is 5.11 Å². The van der Waals surface area contributed by atoms with Crippen molar-refractivity contribution in [1.82, 2.24) is 0 Å². The quantitative estimate of drug-likeness (QED) is 0.0294. The fourth-order valence-electron chi connectivity index (χ4n) is 16.5. The summed E-state index contributed by atoms with van der Waals surface area (Å²) in [5.74, 6) is -1.24. The van der Waals surface area contributed by atoms with Crippen molar-refractivity contribution < 1.29 is 43.1 Å². The zero-order valence-corrected chi connectivity index (χ0v) is 88.6. The first-order chi connectivity index (χ1) is 65.0. The Labute approximate surface area is 823 Å². The molecule has 744 valence electrons. The van der Waals surface area contributed by atoms with Crippen LogP contribution < -0.4 is 0 Å². The van der Waals surface area contributed by atoms with E-state index in [0.29, 0.717) is 30.6 Å². The van der Waals surface area contributed by atoms with Crippen LogP contribution in [0.2, 0.25) is 0 Å². The van der Waals surface area contributed by atoms with Crippen LogP contribution >= 0.6 is 0 Å². The number of ketones is 6. The van der Waals surface area contributed by atoms with Crippen molar-refractivity contribution >= 4 is 65.0 Å². The third-order valence-electron chi connectivity index (χ3n) is 24.7. The average molecular weight is 1850 g/mol. The number of benzene rings is 7. The highest BCUT2D eigenvalue weighted by Gasteiger charge is 2.27. The highest BCUT2D eigenvalue weighted by molar-refractivity contribution is 6.33. The highest BCUT2D eigenvalue weighted by Crippen LogP contribution is 2.31. The standard InChI is InChI=1S/C26H34O3.C21H34O.C21H30O.C20H32O.C19H29FO.C19H26O/c1-3-5-8-14-21-16-22(15-9-6-4-2)24(18-20-12-10-7-11-13-20)23(17-21)19-25(27)26(28)29;1-6-8-10-12-18-14-19(13-11-9-7-2)16-20(15-18)21(4,5)17(3)22;1-4-6-8-10-12-19-15-20(13-11-9-7-5-2)17-21(16-19)14-18(3)22;1-4-6-8-10-18-14-19(11-9-7-5-2)16-20(15-18)13-12-17(3)21;1-4-6-8-10-16-13-17(11-9-7-5-2)19(20)18(14-16)12-15(3)21;1-4-6-8-10-17-13-18(11-9-7-5-2)15-19(14-17)12-16(3)20/h7,10-13,16-17H,3-6,8-9,14-15,18-19H2,1-2H3,(H,28,29);14-16H,6-13H2,1-5H3;10-13,15-17H,4-9,14H2,1-3H3;14-16H,4-13H2,1-3H3;13-14H,4-12H2,1-3H3;8-11,13-15H,4-7,12H2,1-3H3/b;;12-10+,13-11+;;;10-8+,11-9+. The SMILES string of the molecule is CCC/C=C/c1cc(/C=C/CCC)cc(CC(C)=O)c1.CCCC/C=C/c1cc(/C=C/CCCC)cc(CC(C)=O)c1.CCCCCc1cc(CCCCC)c(Cc2ccccc2)c(CC(=O)C(=O)O)c1.CCCCCc1cc(CCCCC)c(F)c(CC(C)=O)c1.CCCCCc1cc(CCCCC)cc(C(C)(C)C(C)=O)c1.CCCCCc1cc(CCCCC)cc(CCC(C)=O)c1. The fraction of sp³-hybridized carbons (Fsp3) is 0.548. The lowest BCUT2D eigenvalue weighted by Gasteiger charge is -2.24. The van der Waals surface area contributed by atoms with Crippen LogP contribution in [0.3, 0.4) is 0 Å². The Balaban J connectivity index is 0.000000551. The number of carboxylic acids is 1. The van der Waals surface area contributed by atoms with Gasteiger partial charge in [0, 0.05) is 37.5 Å². The molecular formula is C126H185FO8. The van der Waals surface area contributed by atoms with E-state index in [0.717, 1.165) is 163 Å². The Morgan fingerprint density at radius 2 is 0.600 bits per heavy atom. The largest absolute Gasteiger partial charge is 0.475 e. The van der Waals surface area contributed by atoms with Gasteiger partial charge in [0.2, 0.25) is 5.78 Å². The molecule has 7 aromatic carbocycles. The summed E-state index contributed by atoms with van der Waals surface area (Å²) in [7, 11) is 0. The van der Waals surface area contributed by atoms with Crippen LogP contribution in [0.25, 0.3) is 24.3 Å². The summed E-state index contributed by atoms with van der Waals surface area (Å²) in [6.45, 7) is 38.8. The molecule has 0 aliphatic rings. The molecule has 0 aliphatic carbocycles. The minimum absolute atomic E-state index is 0.0270. The summed E-state index contributed by atoms with van der Waals surface area (Å²) in [4.78, 5) is 80.6. The lowest BCUT2D eigenvalue weighted by molar-refractivity contribution is -0.148. The van der Waals surface area contributed by atoms with Gasteiger partial charge in [-0.2, -0.15) is 0 Å². The maximum Gasteiger partial charge on any atom is 0.372 e. The zero-order chi connectivity index (χ0) is 99.8. The minimum Gasteiger partial charge on any atom is -0.475 e. The second kappa shape index (κ2) is 76.0. The van der Waals surface area contributed by atoms with Crippen molar-refractivity contribution in [1.29, 1.82) is 0 Å². The molecule has 0 aromatic heterocycles. The predicted molar refractivity (Wildman–Crippen MR) is 581 cm³/mol. The summed E-state index contributed by atoms with van der Waals surface area (Å²) in [5.41, 5.74) is 23.2. The molecule has 0 saturated heterocycles. The number of unbranched alkanes of at least 4 members (excludes halogenated alkanes) is 22. The van der Waals surface area contributed by atoms with E-state index in [1.165, 1.54) is 232 Å². The molecule has 0 bridgehead atoms. The van der Waals surface area contributed by atoms with E-state index in [-0.39, 0.29) is 47.2 Å². The van der Waals surface area contributed by atoms with Gasteiger partial charge in [-0.15, -0.1) is 0 Å². The van der Waals surface area contributed by atoms with Crippen LogP contribution in [-0.2, 0) is 129 Å². The van der Waals surface area contributed by atoms with Crippen molar-refractivity contribution in [2.24, 2.45) is 0 Å². The smallest absolute Gasteiger partial charge is 0.372 e. The second-order valence-electron chi connectivity index (χ2n) is 38.5. The number of hydrogen-bond acceptors (Lipinski definition) is 7. The van der Waals surface area contributed by atoms with E-state index in [1.54, 1.807) is 27.7 Å². The molecule has 9 heteroatoms. The van der Waals surface area contributed by atoms with Crippen LogP contribution in [0, 0.1) is 5.82 Å². The van der Waals surface area contributed by atoms with Crippen LogP contribution in [0.5, 0.6) is 0 Å². The molecule has 0 fully saturated rings. The normalized spacial score (nSPS) is 11.2. The summed E-state index contributed by atoms with van der Waals surface area (Å²) >= 11 is 0. The van der Waals surface area contributed by atoms with Gasteiger partial charge in [0.05, 0.1) is 0 Å². The van der Waals surface area contributed by atoms with Crippen molar-refractivity contribution in [3.63, 3.8) is 0 Å². The Morgan fingerprint density at radius 3 is 0.933 bits per heavy atom. The van der Waals surface area contributed by atoms with E-state index >= 15 is 0 Å². The molecule has 0 unspecified atom stereocenters. The second-order valence-corrected chi connectivity index (χ2v) is 38.5. The molecule has 0 amide bonds. The lowest BCUT2D eigenvalue weighted by atomic mass is 9.79. The molecule has 0 spiro atoms. The number of aryl methyl sites for hydroxylation is 9. The minimum atomic E-state index is -1.35. The molecule has 135 heavy (non-hydrogen) atoms. The molecule has 0 heterocycles. The van der Waals surface area contributed by atoms with Gasteiger partial charge < -0.3 is 9.90 Å². The fourth-order valence-corrected chi connectivity index (χ4v) is 16.5. The first-order valence-electron chi connectivity index (χ1n) is 53.4. The summed E-state index contributed by atoms with van der Waals surface area (Å²) in [6.07, 6.45) is 70.1. The number of carbonyl (C=O) groups is 7. The van der Waals surface area contributed by atoms with Gasteiger partial charge in [0.15, 0.2) is 0 Å². The number of carbonyl (C=O) groups excluding carboxylic acids is 6. The summed E-state index contributed by atoms with van der Waals surface area (Å²) in [6, 6.07) is 45.3. The summed E-state index contributed by atoms with van der Waals surface area (Å²) in [5, 5.41) is 9.16. The van der Waals surface area contributed by atoms with E-state index in [2.05, 4.69) is 243 Å². The maximum atomic E-state index is 14.5. The highest BCUT2D eigenvalue weighted by atomic mass is 19.1. The van der Waals surface area contributed by atoms with Gasteiger partial charge in [0.25, 0.3) is 0 Å². The van der Waals surface area contributed by atoms with Crippen LogP contribution in [0.1, 0.15) is 468 Å². The Bertz CT molecular complexity index is 4490. The number of halogens is 1. The number of aliphatic carboxylic acids is 1. The Hall–Kier alpha value is -9.08. The first-order valence-corrected chi connectivity index (χ1v) is 53.4. The predicted octanol–water partition coefficient (Wildman–Crippen LogP) is 34.7. The van der Waals surface area contributed by atoms with E-state index < -0.39 is 11.8 Å². The van der Waals surface area contributed by atoms with Crippen molar-refractivity contribution in [3.05, 3.63) is 269 Å². The molecular weight excluding hydrogens is 1660 g/mol. The molecule has 0 saturated carbocycles. The molecule has 0 aliphatic heterocycles. The number of allylic oxidation sites excluding steroid dienone is 4. The van der Waals surface area contributed by atoms with Crippen LogP contribution in [-0.4, -0.2) is 45.8 Å². The molecule has 1 N–H and O–H groups in total. The van der Waals surface area contributed by atoms with Gasteiger partial charge >= 0.3 is 5.97 Å². The lowest BCUT2D eigenvalue weighted by Crippen LogP contribution is -2.26.